The lowest BCUT2D eigenvalue weighted by Crippen LogP contribution is -2.34. The van der Waals surface area contributed by atoms with Crippen LogP contribution in [-0.2, 0) is 17.9 Å². The molecule has 0 aliphatic heterocycles. The zero-order valence-electron chi connectivity index (χ0n) is 13.1. The normalized spacial score (nSPS) is 10.8. The Morgan fingerprint density at radius 1 is 1.39 bits per heavy atom. The number of para-hydroxylation sites is 1. The van der Waals surface area contributed by atoms with Crippen LogP contribution in [0, 0.1) is 0 Å². The summed E-state index contributed by atoms with van der Waals surface area (Å²) in [4.78, 5) is 13.9. The molecular formula is C14H19ClN6O2. The molecule has 9 heteroatoms. The van der Waals surface area contributed by atoms with Gasteiger partial charge < -0.3 is 15.0 Å². The van der Waals surface area contributed by atoms with Gasteiger partial charge >= 0.3 is 0 Å². The fourth-order valence-corrected chi connectivity index (χ4v) is 1.95. The highest BCUT2D eigenvalue weighted by molar-refractivity contribution is 6.32. The number of benzene rings is 1. The van der Waals surface area contributed by atoms with Crippen molar-refractivity contribution in [3.63, 3.8) is 0 Å². The van der Waals surface area contributed by atoms with Crippen molar-refractivity contribution in [2.45, 2.75) is 13.2 Å². The molecule has 1 amide bonds. The molecule has 0 unspecified atom stereocenters. The topological polar surface area (TPSA) is 85.2 Å². The summed E-state index contributed by atoms with van der Waals surface area (Å²) >= 11 is 6.02. The van der Waals surface area contributed by atoms with Gasteiger partial charge in [0.1, 0.15) is 18.9 Å². The number of rotatable bonds is 8. The predicted molar refractivity (Wildman–Crippen MR) is 85.2 cm³/mol. The minimum absolute atomic E-state index is 0.0433. The van der Waals surface area contributed by atoms with Crippen molar-refractivity contribution in [1.29, 1.82) is 0 Å². The number of tetrazole rings is 1. The summed E-state index contributed by atoms with van der Waals surface area (Å²) in [5, 5.41) is 14.6. The van der Waals surface area contributed by atoms with Crippen LogP contribution in [0.25, 0.3) is 0 Å². The van der Waals surface area contributed by atoms with Crippen molar-refractivity contribution in [3.05, 3.63) is 35.1 Å². The zero-order valence-corrected chi connectivity index (χ0v) is 13.8. The predicted octanol–water partition coefficient (Wildman–Crippen LogP) is 0.583. The number of nitrogens with one attached hydrogen (secondary N) is 1. The maximum Gasteiger partial charge on any atom is 0.241 e. The van der Waals surface area contributed by atoms with E-state index in [9.17, 15) is 4.79 Å². The Labute approximate surface area is 139 Å². The molecular weight excluding hydrogens is 320 g/mol. The van der Waals surface area contributed by atoms with Crippen LogP contribution in [-0.4, -0.2) is 58.2 Å². The molecule has 0 aliphatic rings. The van der Waals surface area contributed by atoms with E-state index in [1.165, 1.54) is 4.68 Å². The lowest BCUT2D eigenvalue weighted by molar-refractivity contribution is -0.121. The number of carbonyl (C=O) groups is 1. The molecule has 124 valence electrons. The molecule has 0 saturated heterocycles. The number of amides is 1. The maximum absolute atomic E-state index is 11.9. The molecule has 0 fully saturated rings. The second kappa shape index (κ2) is 8.44. The van der Waals surface area contributed by atoms with Gasteiger partial charge in [-0.3, -0.25) is 4.79 Å². The van der Waals surface area contributed by atoms with Crippen LogP contribution in [0.4, 0.5) is 0 Å². The quantitative estimate of drug-likeness (QED) is 0.758. The number of nitrogens with zero attached hydrogens (tertiary/aromatic N) is 5. The fraction of sp³-hybridized carbons (Fsp3) is 0.429. The number of carbonyl (C=O) groups excluding carboxylic acids is 1. The smallest absolute Gasteiger partial charge is 0.241 e. The van der Waals surface area contributed by atoms with Gasteiger partial charge in [0.15, 0.2) is 5.82 Å². The van der Waals surface area contributed by atoms with E-state index in [4.69, 9.17) is 16.3 Å². The molecule has 23 heavy (non-hydrogen) atoms. The standard InChI is InChI=1S/C14H19ClN6O2/c1-20(2)8-7-16-14(22)9-21-13(17-18-19-21)10-23-12-6-4-3-5-11(12)15/h3-6H,7-10H2,1-2H3,(H,16,22). The van der Waals surface area contributed by atoms with Gasteiger partial charge in [-0.25, -0.2) is 4.68 Å². The van der Waals surface area contributed by atoms with E-state index in [0.29, 0.717) is 23.1 Å². The third kappa shape index (κ3) is 5.50. The second-order valence-corrected chi connectivity index (χ2v) is 5.53. The first-order valence-corrected chi connectivity index (χ1v) is 7.48. The second-order valence-electron chi connectivity index (χ2n) is 5.13. The molecule has 8 nitrogen and oxygen atoms in total. The Hall–Kier alpha value is -2.19. The van der Waals surface area contributed by atoms with E-state index in [0.717, 1.165) is 6.54 Å². The minimum Gasteiger partial charge on any atom is -0.484 e. The van der Waals surface area contributed by atoms with Crippen LogP contribution in [0.5, 0.6) is 5.75 Å². The number of hydrogen-bond acceptors (Lipinski definition) is 6. The summed E-state index contributed by atoms with van der Waals surface area (Å²) < 4.78 is 6.99. The maximum atomic E-state index is 11.9. The summed E-state index contributed by atoms with van der Waals surface area (Å²) in [6.07, 6.45) is 0. The van der Waals surface area contributed by atoms with Gasteiger partial charge in [-0.2, -0.15) is 0 Å². The van der Waals surface area contributed by atoms with Crippen LogP contribution in [0.1, 0.15) is 5.82 Å². The van der Waals surface area contributed by atoms with Crippen LogP contribution in [0.3, 0.4) is 0 Å². The molecule has 0 bridgehead atoms. The number of hydrogen-bond donors (Lipinski definition) is 1. The van der Waals surface area contributed by atoms with Gasteiger partial charge in [-0.1, -0.05) is 23.7 Å². The summed E-state index contributed by atoms with van der Waals surface area (Å²) in [6.45, 7) is 1.51. The molecule has 1 N–H and O–H groups in total. The Morgan fingerprint density at radius 2 is 2.17 bits per heavy atom. The first-order chi connectivity index (χ1) is 11.1. The van der Waals surface area contributed by atoms with Crippen molar-refractivity contribution >= 4 is 17.5 Å². The number of halogens is 1. The van der Waals surface area contributed by atoms with Gasteiger partial charge in [0.2, 0.25) is 5.91 Å². The van der Waals surface area contributed by atoms with E-state index in [1.54, 1.807) is 12.1 Å². The SMILES string of the molecule is CN(C)CCNC(=O)Cn1nnnc1COc1ccccc1Cl. The third-order valence-electron chi connectivity index (χ3n) is 2.97. The Kier molecular flexibility index (Phi) is 6.30. The van der Waals surface area contributed by atoms with Gasteiger partial charge in [0, 0.05) is 13.1 Å². The molecule has 1 aromatic carbocycles. The summed E-state index contributed by atoms with van der Waals surface area (Å²) in [7, 11) is 3.88. The third-order valence-corrected chi connectivity index (χ3v) is 3.29. The van der Waals surface area contributed by atoms with Crippen molar-refractivity contribution in [2.75, 3.05) is 27.2 Å². The van der Waals surface area contributed by atoms with E-state index in [1.807, 2.05) is 31.1 Å². The van der Waals surface area contributed by atoms with E-state index >= 15 is 0 Å². The van der Waals surface area contributed by atoms with E-state index in [2.05, 4.69) is 20.8 Å². The van der Waals surface area contributed by atoms with Crippen LogP contribution < -0.4 is 10.1 Å². The van der Waals surface area contributed by atoms with Crippen molar-refractivity contribution in [2.24, 2.45) is 0 Å². The molecule has 0 radical (unpaired) electrons. The molecule has 0 spiro atoms. The molecule has 2 aromatic rings. The van der Waals surface area contributed by atoms with Gasteiger partial charge in [0.25, 0.3) is 0 Å². The van der Waals surface area contributed by atoms with Gasteiger partial charge in [-0.05, 0) is 36.7 Å². The highest BCUT2D eigenvalue weighted by Crippen LogP contribution is 2.23. The summed E-state index contributed by atoms with van der Waals surface area (Å²) in [5.41, 5.74) is 0. The largest absolute Gasteiger partial charge is 0.484 e. The van der Waals surface area contributed by atoms with Gasteiger partial charge in [0.05, 0.1) is 5.02 Å². The Morgan fingerprint density at radius 3 is 2.91 bits per heavy atom. The van der Waals surface area contributed by atoms with Crippen molar-refractivity contribution < 1.29 is 9.53 Å². The minimum atomic E-state index is -0.154. The lowest BCUT2D eigenvalue weighted by atomic mass is 10.3. The fourth-order valence-electron chi connectivity index (χ4n) is 1.76. The average Bonchev–Trinajstić information content (AvgIpc) is 2.93. The van der Waals surface area contributed by atoms with E-state index in [-0.39, 0.29) is 19.1 Å². The molecule has 1 aromatic heterocycles. The molecule has 2 rings (SSSR count). The first-order valence-electron chi connectivity index (χ1n) is 7.10. The molecule has 0 atom stereocenters. The van der Waals surface area contributed by atoms with Crippen LogP contribution in [0.2, 0.25) is 5.02 Å². The summed E-state index contributed by atoms with van der Waals surface area (Å²) in [5.74, 6) is 0.838. The molecule has 0 saturated carbocycles. The number of ether oxygens (including phenoxy) is 1. The van der Waals surface area contributed by atoms with Gasteiger partial charge in [-0.15, -0.1) is 5.10 Å². The van der Waals surface area contributed by atoms with Crippen LogP contribution >= 0.6 is 11.6 Å². The Bertz CT molecular complexity index is 646. The highest BCUT2D eigenvalue weighted by Gasteiger charge is 2.11. The lowest BCUT2D eigenvalue weighted by Gasteiger charge is -2.11. The van der Waals surface area contributed by atoms with E-state index < -0.39 is 0 Å². The monoisotopic (exact) mass is 338 g/mol. The molecule has 1 heterocycles. The van der Waals surface area contributed by atoms with Crippen molar-refractivity contribution in [3.8, 4) is 5.75 Å². The molecule has 0 aliphatic carbocycles. The average molecular weight is 339 g/mol. The van der Waals surface area contributed by atoms with Crippen molar-refractivity contribution in [1.82, 2.24) is 30.4 Å². The Balaban J connectivity index is 1.87. The first kappa shape index (κ1) is 17.2. The number of aromatic nitrogens is 4. The summed E-state index contributed by atoms with van der Waals surface area (Å²) in [6, 6.07) is 7.13. The van der Waals surface area contributed by atoms with Crippen LogP contribution in [0.15, 0.2) is 24.3 Å². The number of likely N-dealkylation sites (N-methyl/N-ethyl adjacent to an activating group) is 1. The zero-order chi connectivity index (χ0) is 16.7. The highest BCUT2D eigenvalue weighted by atomic mass is 35.5.